The number of hydrogen-bond donors (Lipinski definition) is 0. The van der Waals surface area contributed by atoms with Crippen LogP contribution in [0.5, 0.6) is 11.5 Å². The van der Waals surface area contributed by atoms with Crippen LogP contribution in [0.2, 0.25) is 0 Å². The van der Waals surface area contributed by atoms with Crippen molar-refractivity contribution in [2.24, 2.45) is 4.99 Å². The molecule has 0 unspecified atom stereocenters. The van der Waals surface area contributed by atoms with Crippen molar-refractivity contribution in [3.63, 3.8) is 0 Å². The van der Waals surface area contributed by atoms with Crippen LogP contribution in [0.1, 0.15) is 35.6 Å². The quantitative estimate of drug-likeness (QED) is 0.693. The lowest BCUT2D eigenvalue weighted by atomic mass is 10.0. The Balaban J connectivity index is 2.16. The SMILES string of the molecule is CCC(=O)N1CN(C)/C(=N\c2c(C)cc(C)cc2C)C=C1c1ccc(OC)c(OC)c1. The first kappa shape index (κ1) is 22.4. The summed E-state index contributed by atoms with van der Waals surface area (Å²) < 4.78 is 10.8. The number of amides is 1. The largest absolute Gasteiger partial charge is 0.493 e. The van der Waals surface area contributed by atoms with Crippen molar-refractivity contribution in [3.05, 3.63) is 58.7 Å². The molecule has 1 heterocycles. The van der Waals surface area contributed by atoms with Gasteiger partial charge in [0.15, 0.2) is 11.5 Å². The van der Waals surface area contributed by atoms with Gasteiger partial charge < -0.3 is 14.4 Å². The van der Waals surface area contributed by atoms with Crippen LogP contribution < -0.4 is 9.47 Å². The molecular formula is C25H31N3O3. The zero-order valence-electron chi connectivity index (χ0n) is 19.4. The number of nitrogens with zero attached hydrogens (tertiary/aromatic N) is 3. The number of rotatable bonds is 5. The van der Waals surface area contributed by atoms with Gasteiger partial charge in [0.2, 0.25) is 5.91 Å². The Kier molecular flexibility index (Phi) is 6.68. The van der Waals surface area contributed by atoms with Gasteiger partial charge in [-0.05, 0) is 50.1 Å². The van der Waals surface area contributed by atoms with E-state index in [1.165, 1.54) is 5.56 Å². The summed E-state index contributed by atoms with van der Waals surface area (Å²) >= 11 is 0. The van der Waals surface area contributed by atoms with Gasteiger partial charge in [-0.25, -0.2) is 4.99 Å². The normalized spacial score (nSPS) is 15.2. The smallest absolute Gasteiger partial charge is 0.228 e. The van der Waals surface area contributed by atoms with E-state index in [1.54, 1.807) is 19.1 Å². The number of likely N-dealkylation sites (N-methyl/N-ethyl adjacent to an activating group) is 1. The van der Waals surface area contributed by atoms with Gasteiger partial charge in [0.05, 0.1) is 32.3 Å². The molecule has 0 spiro atoms. The summed E-state index contributed by atoms with van der Waals surface area (Å²) in [4.78, 5) is 21.5. The Morgan fingerprint density at radius 3 is 2.26 bits per heavy atom. The molecule has 0 aromatic heterocycles. The van der Waals surface area contributed by atoms with Gasteiger partial charge in [-0.1, -0.05) is 24.6 Å². The Labute approximate surface area is 184 Å². The standard InChI is InChI=1S/C25H31N3O3/c1-8-24(29)28-15-27(5)23(26-25-17(3)11-16(2)12-18(25)4)14-20(28)19-9-10-21(30-6)22(13-19)31-7/h9-14H,8,15H2,1-7H3/b26-23-. The van der Waals surface area contributed by atoms with Gasteiger partial charge >= 0.3 is 0 Å². The molecule has 0 saturated heterocycles. The Morgan fingerprint density at radius 1 is 1.03 bits per heavy atom. The average molecular weight is 422 g/mol. The molecule has 0 radical (unpaired) electrons. The van der Waals surface area contributed by atoms with E-state index >= 15 is 0 Å². The van der Waals surface area contributed by atoms with E-state index in [4.69, 9.17) is 14.5 Å². The fraction of sp³-hybridized carbons (Fsp3) is 0.360. The van der Waals surface area contributed by atoms with Crippen LogP contribution in [0.3, 0.4) is 0 Å². The molecule has 6 heteroatoms. The highest BCUT2D eigenvalue weighted by Gasteiger charge is 2.27. The lowest BCUT2D eigenvalue weighted by Gasteiger charge is -2.36. The van der Waals surface area contributed by atoms with Gasteiger partial charge in [0.25, 0.3) is 0 Å². The molecular weight excluding hydrogens is 390 g/mol. The molecule has 0 atom stereocenters. The number of hydrogen-bond acceptors (Lipinski definition) is 4. The van der Waals surface area contributed by atoms with Crippen LogP contribution in [0, 0.1) is 20.8 Å². The van der Waals surface area contributed by atoms with Crippen LogP contribution in [-0.2, 0) is 4.79 Å². The maximum Gasteiger partial charge on any atom is 0.228 e. The highest BCUT2D eigenvalue weighted by molar-refractivity contribution is 6.04. The maximum atomic E-state index is 12.7. The number of aliphatic imine (C=N–C) groups is 1. The second kappa shape index (κ2) is 9.25. The van der Waals surface area contributed by atoms with Crippen molar-refractivity contribution in [1.29, 1.82) is 0 Å². The van der Waals surface area contributed by atoms with Crippen molar-refractivity contribution in [3.8, 4) is 11.5 Å². The number of methoxy groups -OCH3 is 2. The van der Waals surface area contributed by atoms with Crippen molar-refractivity contribution in [2.45, 2.75) is 34.1 Å². The van der Waals surface area contributed by atoms with Crippen LogP contribution in [0.4, 0.5) is 5.69 Å². The summed E-state index contributed by atoms with van der Waals surface area (Å²) in [5.74, 6) is 2.12. The fourth-order valence-electron chi connectivity index (χ4n) is 3.89. The van der Waals surface area contributed by atoms with E-state index in [9.17, 15) is 4.79 Å². The molecule has 1 amide bonds. The molecule has 31 heavy (non-hydrogen) atoms. The van der Waals surface area contributed by atoms with Crippen LogP contribution in [-0.4, -0.2) is 49.5 Å². The number of aryl methyl sites for hydroxylation is 3. The fourth-order valence-corrected chi connectivity index (χ4v) is 3.89. The third-order valence-corrected chi connectivity index (χ3v) is 5.45. The zero-order chi connectivity index (χ0) is 22.7. The number of ether oxygens (including phenoxy) is 2. The number of benzene rings is 2. The number of amidine groups is 1. The Morgan fingerprint density at radius 2 is 1.68 bits per heavy atom. The minimum absolute atomic E-state index is 0.0506. The topological polar surface area (TPSA) is 54.4 Å². The molecule has 2 aromatic carbocycles. The van der Waals surface area contributed by atoms with E-state index in [2.05, 4.69) is 32.9 Å². The van der Waals surface area contributed by atoms with E-state index in [1.807, 2.05) is 43.1 Å². The predicted molar refractivity (Wildman–Crippen MR) is 125 cm³/mol. The van der Waals surface area contributed by atoms with Crippen LogP contribution >= 0.6 is 0 Å². The summed E-state index contributed by atoms with van der Waals surface area (Å²) in [6.07, 6.45) is 2.39. The minimum Gasteiger partial charge on any atom is -0.493 e. The van der Waals surface area contributed by atoms with Gasteiger partial charge in [0, 0.05) is 25.1 Å². The van der Waals surface area contributed by atoms with E-state index in [0.717, 1.165) is 33.9 Å². The monoisotopic (exact) mass is 421 g/mol. The average Bonchev–Trinajstić information content (AvgIpc) is 2.75. The summed E-state index contributed by atoms with van der Waals surface area (Å²) in [5, 5.41) is 0. The molecule has 6 nitrogen and oxygen atoms in total. The van der Waals surface area contributed by atoms with Crippen molar-refractivity contribution < 1.29 is 14.3 Å². The molecule has 0 bridgehead atoms. The first-order chi connectivity index (χ1) is 14.8. The van der Waals surface area contributed by atoms with Gasteiger partial charge in [0.1, 0.15) is 5.84 Å². The summed E-state index contributed by atoms with van der Waals surface area (Å²) in [6.45, 7) is 8.54. The molecule has 2 aromatic rings. The first-order valence-electron chi connectivity index (χ1n) is 10.4. The summed E-state index contributed by atoms with van der Waals surface area (Å²) in [7, 11) is 5.17. The second-order valence-electron chi connectivity index (χ2n) is 7.83. The zero-order valence-corrected chi connectivity index (χ0v) is 19.4. The molecule has 0 fully saturated rings. The number of carbonyl (C=O) groups is 1. The molecule has 0 N–H and O–H groups in total. The summed E-state index contributed by atoms with van der Waals surface area (Å²) in [6, 6.07) is 9.97. The highest BCUT2D eigenvalue weighted by Crippen LogP contribution is 2.34. The third-order valence-electron chi connectivity index (χ3n) is 5.45. The molecule has 1 aliphatic heterocycles. The van der Waals surface area contributed by atoms with Gasteiger partial charge in [-0.15, -0.1) is 0 Å². The first-order valence-corrected chi connectivity index (χ1v) is 10.4. The van der Waals surface area contributed by atoms with Crippen LogP contribution in [0.15, 0.2) is 41.4 Å². The van der Waals surface area contributed by atoms with E-state index < -0.39 is 0 Å². The Hall–Kier alpha value is -3.28. The maximum absolute atomic E-state index is 12.7. The van der Waals surface area contributed by atoms with E-state index in [-0.39, 0.29) is 5.91 Å². The lowest BCUT2D eigenvalue weighted by Crippen LogP contribution is -2.44. The van der Waals surface area contributed by atoms with Crippen molar-refractivity contribution in [1.82, 2.24) is 9.80 Å². The lowest BCUT2D eigenvalue weighted by molar-refractivity contribution is -0.128. The Bertz CT molecular complexity index is 1030. The van der Waals surface area contributed by atoms with Gasteiger partial charge in [-0.2, -0.15) is 0 Å². The number of carbonyl (C=O) groups excluding carboxylic acids is 1. The minimum atomic E-state index is 0.0506. The molecule has 164 valence electrons. The highest BCUT2D eigenvalue weighted by atomic mass is 16.5. The van der Waals surface area contributed by atoms with Crippen LogP contribution in [0.25, 0.3) is 5.70 Å². The third kappa shape index (κ3) is 4.58. The van der Waals surface area contributed by atoms with Crippen molar-refractivity contribution in [2.75, 3.05) is 27.9 Å². The van der Waals surface area contributed by atoms with Gasteiger partial charge in [-0.3, -0.25) is 9.69 Å². The molecule has 3 rings (SSSR count). The molecule has 1 aliphatic rings. The van der Waals surface area contributed by atoms with E-state index in [0.29, 0.717) is 24.6 Å². The summed E-state index contributed by atoms with van der Waals surface area (Å²) in [5.41, 5.74) is 6.12. The predicted octanol–water partition coefficient (Wildman–Crippen LogP) is 4.84. The van der Waals surface area contributed by atoms with Crippen molar-refractivity contribution >= 4 is 23.1 Å². The molecule has 0 saturated carbocycles. The molecule has 0 aliphatic carbocycles. The second-order valence-corrected chi connectivity index (χ2v) is 7.83.